The molecule has 0 aromatic heterocycles. The van der Waals surface area contributed by atoms with Gasteiger partial charge in [0.1, 0.15) is 11.1 Å². The van der Waals surface area contributed by atoms with Crippen molar-refractivity contribution in [3.63, 3.8) is 0 Å². The number of nitrogens with one attached hydrogen (secondary N) is 2. The molecular formula is C35H44N4O3. The number of aromatic hydroxyl groups is 1. The Hall–Kier alpha value is -4.00. The molecule has 0 amide bonds. The van der Waals surface area contributed by atoms with Gasteiger partial charge in [-0.1, -0.05) is 98.2 Å². The predicted molar refractivity (Wildman–Crippen MR) is 170 cm³/mol. The van der Waals surface area contributed by atoms with E-state index in [-0.39, 0.29) is 49.5 Å². The van der Waals surface area contributed by atoms with Crippen molar-refractivity contribution in [2.45, 2.75) is 92.0 Å². The first kappa shape index (κ1) is 30.9. The smallest absolute Gasteiger partial charge is 0.261 e. The van der Waals surface area contributed by atoms with Crippen molar-refractivity contribution in [1.82, 2.24) is 4.57 Å². The molecule has 0 bridgehead atoms. The average molecular weight is 569 g/mol. The highest BCUT2D eigenvalue weighted by Crippen LogP contribution is 2.45. The van der Waals surface area contributed by atoms with E-state index in [9.17, 15) is 14.7 Å². The van der Waals surface area contributed by atoms with Crippen molar-refractivity contribution in [2.24, 2.45) is 10.5 Å². The van der Waals surface area contributed by atoms with Crippen LogP contribution in [0.4, 0.5) is 5.69 Å². The Morgan fingerprint density at radius 3 is 2.10 bits per heavy atom. The maximum Gasteiger partial charge on any atom is 0.261 e. The molecule has 2 aliphatic rings. The number of hydrogen-bond acceptors (Lipinski definition) is 6. The standard InChI is InChI=1S/C35H44N4O3/c1-9-10-16-39-31(41)24-19-27(36)28(20-25(24)32(39)42)37-38-29-18-23(34(5,6)21-33(2,3)4)17-26(30(29)40)35(7,8)22-14-12-11-13-15-22/h11-15,17-20,36,38,40H,9-10,16,21H2,1-8H3. The van der Waals surface area contributed by atoms with Gasteiger partial charge in [-0.15, -0.1) is 0 Å². The monoisotopic (exact) mass is 568 g/mol. The molecule has 0 radical (unpaired) electrons. The van der Waals surface area contributed by atoms with Gasteiger partial charge in [-0.05, 0) is 53.0 Å². The quantitative estimate of drug-likeness (QED) is 0.166. The first-order valence-electron chi connectivity index (χ1n) is 14.7. The second-order valence-electron chi connectivity index (χ2n) is 13.8. The number of aromatic nitrogens is 1. The van der Waals surface area contributed by atoms with Crippen LogP contribution >= 0.6 is 0 Å². The maximum atomic E-state index is 13.0. The van der Waals surface area contributed by atoms with Crippen molar-refractivity contribution in [1.29, 1.82) is 5.41 Å². The fourth-order valence-electron chi connectivity index (χ4n) is 6.08. The molecule has 0 saturated carbocycles. The zero-order chi connectivity index (χ0) is 31.0. The second-order valence-corrected chi connectivity index (χ2v) is 13.8. The third-order valence-corrected chi connectivity index (χ3v) is 8.15. The van der Waals surface area contributed by atoms with Crippen LogP contribution in [0.15, 0.2) is 69.3 Å². The molecule has 0 fully saturated rings. The number of rotatable bonds is 9. The Labute approximate surface area is 248 Å². The third kappa shape index (κ3) is 6.10. The number of phenols is 1. The zero-order valence-electron chi connectivity index (χ0n) is 26.2. The van der Waals surface area contributed by atoms with E-state index in [2.05, 4.69) is 77.2 Å². The predicted octanol–water partition coefficient (Wildman–Crippen LogP) is 6.14. The number of fused-ring (bicyclic) bond motifs is 1. The Bertz CT molecular complexity index is 1770. The average Bonchev–Trinajstić information content (AvgIpc) is 3.13. The normalized spacial score (nSPS) is 13.2. The van der Waals surface area contributed by atoms with Gasteiger partial charge in [-0.3, -0.25) is 25.0 Å². The fraction of sp³-hybridized carbons (Fsp3) is 0.429. The molecule has 7 heteroatoms. The van der Waals surface area contributed by atoms with Crippen LogP contribution in [-0.4, -0.2) is 9.67 Å². The molecule has 222 valence electrons. The Kier molecular flexibility index (Phi) is 8.36. The Balaban J connectivity index is 1.88. The number of hydrogen-bond donors (Lipinski definition) is 3. The lowest BCUT2D eigenvalue weighted by Gasteiger charge is -2.35. The molecule has 4 rings (SSSR count). The van der Waals surface area contributed by atoms with Gasteiger partial charge < -0.3 is 5.11 Å². The van der Waals surface area contributed by atoms with E-state index >= 15 is 0 Å². The van der Waals surface area contributed by atoms with E-state index in [4.69, 9.17) is 5.41 Å². The van der Waals surface area contributed by atoms with Crippen LogP contribution in [0.3, 0.4) is 0 Å². The summed E-state index contributed by atoms with van der Waals surface area (Å²) in [6.07, 6.45) is 2.50. The van der Waals surface area contributed by atoms with Gasteiger partial charge in [0, 0.05) is 17.5 Å². The lowest BCUT2D eigenvalue weighted by Crippen LogP contribution is -2.28. The molecule has 2 aromatic carbocycles. The van der Waals surface area contributed by atoms with E-state index in [0.29, 0.717) is 12.2 Å². The van der Waals surface area contributed by atoms with Gasteiger partial charge >= 0.3 is 0 Å². The summed E-state index contributed by atoms with van der Waals surface area (Å²) in [5, 5.41) is 24.9. The molecule has 2 aromatic rings. The third-order valence-electron chi connectivity index (χ3n) is 8.15. The molecule has 0 saturated heterocycles. The minimum Gasteiger partial charge on any atom is -0.505 e. The van der Waals surface area contributed by atoms with Crippen LogP contribution in [0.1, 0.15) is 91.3 Å². The van der Waals surface area contributed by atoms with Crippen LogP contribution in [-0.2, 0) is 17.4 Å². The molecular weight excluding hydrogens is 524 g/mol. The molecule has 42 heavy (non-hydrogen) atoms. The summed E-state index contributed by atoms with van der Waals surface area (Å²) in [6, 6.07) is 17.0. The topological polar surface area (TPSA) is 108 Å². The number of phenolic OH excluding ortho intramolecular Hbond substituents is 1. The molecule has 0 unspecified atom stereocenters. The summed E-state index contributed by atoms with van der Waals surface area (Å²) >= 11 is 0. The molecule has 3 N–H and O–H groups in total. The molecule has 0 atom stereocenters. The molecule has 1 heterocycles. The number of nitrogens with zero attached hydrogens (tertiary/aromatic N) is 2. The zero-order valence-corrected chi connectivity index (χ0v) is 26.2. The van der Waals surface area contributed by atoms with Crippen molar-refractivity contribution >= 4 is 5.69 Å². The Morgan fingerprint density at radius 2 is 1.50 bits per heavy atom. The highest BCUT2D eigenvalue weighted by molar-refractivity contribution is 5.66. The van der Waals surface area contributed by atoms with Crippen LogP contribution in [0, 0.1) is 10.8 Å². The van der Waals surface area contributed by atoms with Gasteiger partial charge in [0.15, 0.2) is 0 Å². The van der Waals surface area contributed by atoms with Crippen molar-refractivity contribution in [3.05, 3.63) is 103 Å². The van der Waals surface area contributed by atoms with Crippen LogP contribution in [0.25, 0.3) is 11.1 Å². The first-order chi connectivity index (χ1) is 19.6. The van der Waals surface area contributed by atoms with E-state index in [0.717, 1.165) is 36.0 Å². The summed E-state index contributed by atoms with van der Waals surface area (Å²) in [5.74, 6) is 0.0765. The van der Waals surface area contributed by atoms with Crippen LogP contribution in [0.5, 0.6) is 5.75 Å². The minimum atomic E-state index is -0.515. The van der Waals surface area contributed by atoms with Gasteiger partial charge in [0.25, 0.3) is 11.1 Å². The van der Waals surface area contributed by atoms with Crippen molar-refractivity contribution < 1.29 is 5.11 Å². The van der Waals surface area contributed by atoms with Crippen molar-refractivity contribution in [2.75, 3.05) is 5.43 Å². The van der Waals surface area contributed by atoms with Crippen molar-refractivity contribution in [3.8, 4) is 16.9 Å². The van der Waals surface area contributed by atoms with E-state index < -0.39 is 5.41 Å². The lowest BCUT2D eigenvalue weighted by molar-refractivity contribution is 0.284. The Morgan fingerprint density at radius 1 is 0.881 bits per heavy atom. The van der Waals surface area contributed by atoms with E-state index in [1.807, 2.05) is 31.2 Å². The molecule has 1 aliphatic carbocycles. The van der Waals surface area contributed by atoms with Gasteiger partial charge in [0.05, 0.1) is 22.2 Å². The van der Waals surface area contributed by atoms with Gasteiger partial charge in [0.2, 0.25) is 0 Å². The lowest BCUT2D eigenvalue weighted by atomic mass is 9.70. The highest BCUT2D eigenvalue weighted by Gasteiger charge is 2.33. The summed E-state index contributed by atoms with van der Waals surface area (Å²) < 4.78 is 1.25. The van der Waals surface area contributed by atoms with Crippen LogP contribution in [0.2, 0.25) is 0 Å². The largest absolute Gasteiger partial charge is 0.505 e. The van der Waals surface area contributed by atoms with Gasteiger partial charge in [-0.2, -0.15) is 5.10 Å². The first-order valence-corrected chi connectivity index (χ1v) is 14.7. The molecule has 7 nitrogen and oxygen atoms in total. The number of anilines is 1. The highest BCUT2D eigenvalue weighted by atomic mass is 16.3. The number of benzene rings is 3. The van der Waals surface area contributed by atoms with Gasteiger partial charge in [-0.25, -0.2) is 0 Å². The molecule has 1 aliphatic heterocycles. The summed E-state index contributed by atoms with van der Waals surface area (Å²) in [5.41, 5.74) is 5.43. The second kappa shape index (κ2) is 11.3. The molecule has 0 spiro atoms. The number of unbranched alkanes of at least 4 members (excludes halogenated alkanes) is 1. The maximum absolute atomic E-state index is 13.0. The summed E-state index contributed by atoms with van der Waals surface area (Å²) in [4.78, 5) is 25.8. The fourth-order valence-corrected chi connectivity index (χ4v) is 6.08. The SMILES string of the molecule is CCCCn1c(=O)c2cc(=N)c(=NNc3cc(C(C)(C)CC(C)(C)C)cc(C(C)(C)c4ccccc4)c3O)cc-2c1=O. The summed E-state index contributed by atoms with van der Waals surface area (Å²) in [6.45, 7) is 17.6. The van der Waals surface area contributed by atoms with Crippen LogP contribution < -0.4 is 27.3 Å². The van der Waals surface area contributed by atoms with E-state index in [1.165, 1.54) is 16.7 Å². The minimum absolute atomic E-state index is 0.0216. The van der Waals surface area contributed by atoms with E-state index in [1.54, 1.807) is 0 Å². The summed E-state index contributed by atoms with van der Waals surface area (Å²) in [7, 11) is 0.